The summed E-state index contributed by atoms with van der Waals surface area (Å²) in [5.41, 5.74) is 2.23. The van der Waals surface area contributed by atoms with Crippen LogP contribution >= 0.6 is 0 Å². The second-order valence-electron chi connectivity index (χ2n) is 4.81. The van der Waals surface area contributed by atoms with Crippen molar-refractivity contribution >= 4 is 11.6 Å². The normalized spacial score (nSPS) is 10.4. The Bertz CT molecular complexity index is 417. The fourth-order valence-corrected chi connectivity index (χ4v) is 1.90. The van der Waals surface area contributed by atoms with Crippen molar-refractivity contribution in [1.82, 2.24) is 5.32 Å². The van der Waals surface area contributed by atoms with Gasteiger partial charge >= 0.3 is 0 Å². The van der Waals surface area contributed by atoms with E-state index in [9.17, 15) is 4.79 Å². The molecule has 106 valence electrons. The molecule has 0 atom stereocenters. The number of rotatable bonds is 7. The third kappa shape index (κ3) is 4.81. The largest absolute Gasteiger partial charge is 0.496 e. The molecule has 0 saturated heterocycles. The number of carbonyl (C=O) groups is 1. The van der Waals surface area contributed by atoms with Gasteiger partial charge in [0.05, 0.1) is 7.11 Å². The van der Waals surface area contributed by atoms with Crippen LogP contribution in [0.1, 0.15) is 38.2 Å². The molecule has 0 aromatic heterocycles. The van der Waals surface area contributed by atoms with Crippen molar-refractivity contribution in [2.45, 2.75) is 32.6 Å². The number of methoxy groups -OCH3 is 1. The van der Waals surface area contributed by atoms with Gasteiger partial charge < -0.3 is 15.4 Å². The number of amides is 1. The van der Waals surface area contributed by atoms with Gasteiger partial charge in [-0.25, -0.2) is 0 Å². The predicted molar refractivity (Wildman–Crippen MR) is 78.9 cm³/mol. The van der Waals surface area contributed by atoms with Crippen LogP contribution in [0, 0.1) is 0 Å². The molecule has 0 spiro atoms. The van der Waals surface area contributed by atoms with Crippen molar-refractivity contribution in [2.75, 3.05) is 26.0 Å². The minimum Gasteiger partial charge on any atom is -0.496 e. The number of ether oxygens (including phenoxy) is 1. The molecule has 19 heavy (non-hydrogen) atoms. The lowest BCUT2D eigenvalue weighted by molar-refractivity contribution is -0.120. The van der Waals surface area contributed by atoms with Crippen LogP contribution in [0.25, 0.3) is 0 Å². The Kier molecular flexibility index (Phi) is 6.19. The van der Waals surface area contributed by atoms with E-state index in [0.29, 0.717) is 12.3 Å². The molecule has 4 heteroatoms. The highest BCUT2D eigenvalue weighted by Gasteiger charge is 2.07. The van der Waals surface area contributed by atoms with E-state index in [4.69, 9.17) is 4.74 Å². The highest BCUT2D eigenvalue weighted by Crippen LogP contribution is 2.29. The lowest BCUT2D eigenvalue weighted by Gasteiger charge is -2.14. The highest BCUT2D eigenvalue weighted by molar-refractivity contribution is 5.75. The summed E-state index contributed by atoms with van der Waals surface area (Å²) in [6, 6.07) is 6.15. The first-order valence-corrected chi connectivity index (χ1v) is 6.71. The van der Waals surface area contributed by atoms with Crippen LogP contribution in [-0.4, -0.2) is 26.6 Å². The standard InChI is InChI=1S/C15H24N2O2/c1-11(2)13-8-7-12(10-14(13)19-4)17-9-5-6-15(18)16-3/h7-8,10-11,17H,5-6,9H2,1-4H3,(H,16,18). The number of nitrogens with one attached hydrogen (secondary N) is 2. The Labute approximate surface area is 115 Å². The monoisotopic (exact) mass is 264 g/mol. The first kappa shape index (κ1) is 15.3. The molecule has 0 heterocycles. The van der Waals surface area contributed by atoms with Crippen LogP contribution in [0.15, 0.2) is 18.2 Å². The van der Waals surface area contributed by atoms with E-state index in [1.54, 1.807) is 14.2 Å². The zero-order chi connectivity index (χ0) is 14.3. The smallest absolute Gasteiger partial charge is 0.219 e. The van der Waals surface area contributed by atoms with Crippen LogP contribution in [0.2, 0.25) is 0 Å². The number of benzene rings is 1. The van der Waals surface area contributed by atoms with Gasteiger partial charge in [0, 0.05) is 31.8 Å². The zero-order valence-electron chi connectivity index (χ0n) is 12.2. The maximum Gasteiger partial charge on any atom is 0.219 e. The van der Waals surface area contributed by atoms with Gasteiger partial charge in [-0.3, -0.25) is 4.79 Å². The summed E-state index contributed by atoms with van der Waals surface area (Å²) >= 11 is 0. The quantitative estimate of drug-likeness (QED) is 0.745. The molecule has 4 nitrogen and oxygen atoms in total. The van der Waals surface area contributed by atoms with E-state index in [0.717, 1.165) is 24.4 Å². The lowest BCUT2D eigenvalue weighted by atomic mass is 10.0. The molecule has 0 aliphatic rings. The molecule has 2 N–H and O–H groups in total. The van der Waals surface area contributed by atoms with Crippen molar-refractivity contribution < 1.29 is 9.53 Å². The Balaban J connectivity index is 2.53. The summed E-state index contributed by atoms with van der Waals surface area (Å²) in [5.74, 6) is 1.43. The van der Waals surface area contributed by atoms with Crippen LogP contribution in [0.5, 0.6) is 5.75 Å². The zero-order valence-corrected chi connectivity index (χ0v) is 12.2. The van der Waals surface area contributed by atoms with Crippen molar-refractivity contribution in [3.63, 3.8) is 0 Å². The van der Waals surface area contributed by atoms with Gasteiger partial charge in [0.15, 0.2) is 0 Å². The minimum absolute atomic E-state index is 0.0783. The van der Waals surface area contributed by atoms with Gasteiger partial charge in [0.2, 0.25) is 5.91 Å². The molecule has 1 aromatic rings. The summed E-state index contributed by atoms with van der Waals surface area (Å²) in [5, 5.41) is 5.92. The third-order valence-electron chi connectivity index (χ3n) is 3.04. The van der Waals surface area contributed by atoms with Crippen LogP contribution in [0.3, 0.4) is 0 Å². The first-order valence-electron chi connectivity index (χ1n) is 6.71. The first-order chi connectivity index (χ1) is 9.08. The third-order valence-corrected chi connectivity index (χ3v) is 3.04. The second-order valence-corrected chi connectivity index (χ2v) is 4.81. The second kappa shape index (κ2) is 7.67. The summed E-state index contributed by atoms with van der Waals surface area (Å²) in [6.45, 7) is 5.07. The molecule has 0 aliphatic carbocycles. The number of carbonyl (C=O) groups excluding carboxylic acids is 1. The predicted octanol–water partition coefficient (Wildman–Crippen LogP) is 2.76. The maximum atomic E-state index is 11.1. The van der Waals surface area contributed by atoms with Gasteiger partial charge in [-0.05, 0) is 24.0 Å². The average Bonchev–Trinajstić information content (AvgIpc) is 2.42. The number of anilines is 1. The van der Waals surface area contributed by atoms with E-state index < -0.39 is 0 Å². The van der Waals surface area contributed by atoms with E-state index in [1.165, 1.54) is 5.56 Å². The molecule has 0 radical (unpaired) electrons. The van der Waals surface area contributed by atoms with Gasteiger partial charge in [-0.2, -0.15) is 0 Å². The highest BCUT2D eigenvalue weighted by atomic mass is 16.5. The van der Waals surface area contributed by atoms with Crippen molar-refractivity contribution in [3.8, 4) is 5.75 Å². The fraction of sp³-hybridized carbons (Fsp3) is 0.533. The topological polar surface area (TPSA) is 50.4 Å². The molecule has 1 aromatic carbocycles. The Hall–Kier alpha value is -1.71. The Morgan fingerprint density at radius 3 is 2.68 bits per heavy atom. The van der Waals surface area contributed by atoms with E-state index in [-0.39, 0.29) is 5.91 Å². The Morgan fingerprint density at radius 2 is 2.11 bits per heavy atom. The summed E-state index contributed by atoms with van der Waals surface area (Å²) < 4.78 is 5.41. The maximum absolute atomic E-state index is 11.1. The van der Waals surface area contributed by atoms with Crippen molar-refractivity contribution in [2.24, 2.45) is 0 Å². The van der Waals surface area contributed by atoms with Gasteiger partial charge in [-0.1, -0.05) is 19.9 Å². The molecular weight excluding hydrogens is 240 g/mol. The SMILES string of the molecule is CNC(=O)CCCNc1ccc(C(C)C)c(OC)c1. The molecule has 0 unspecified atom stereocenters. The average molecular weight is 264 g/mol. The van der Waals surface area contributed by atoms with Crippen molar-refractivity contribution in [1.29, 1.82) is 0 Å². The van der Waals surface area contributed by atoms with Crippen LogP contribution in [0.4, 0.5) is 5.69 Å². The molecule has 1 amide bonds. The lowest BCUT2D eigenvalue weighted by Crippen LogP contribution is -2.18. The molecule has 1 rings (SSSR count). The summed E-state index contributed by atoms with van der Waals surface area (Å²) in [6.07, 6.45) is 1.36. The summed E-state index contributed by atoms with van der Waals surface area (Å²) in [7, 11) is 3.35. The van der Waals surface area contributed by atoms with E-state index >= 15 is 0 Å². The van der Waals surface area contributed by atoms with Crippen LogP contribution < -0.4 is 15.4 Å². The Morgan fingerprint density at radius 1 is 1.37 bits per heavy atom. The van der Waals surface area contributed by atoms with Crippen LogP contribution in [-0.2, 0) is 4.79 Å². The van der Waals surface area contributed by atoms with E-state index in [1.807, 2.05) is 6.07 Å². The van der Waals surface area contributed by atoms with Gasteiger partial charge in [0.1, 0.15) is 5.75 Å². The minimum atomic E-state index is 0.0783. The molecule has 0 fully saturated rings. The molecular formula is C15H24N2O2. The van der Waals surface area contributed by atoms with Crippen molar-refractivity contribution in [3.05, 3.63) is 23.8 Å². The fourth-order valence-electron chi connectivity index (χ4n) is 1.90. The van der Waals surface area contributed by atoms with E-state index in [2.05, 4.69) is 36.6 Å². The van der Waals surface area contributed by atoms with Gasteiger partial charge in [-0.15, -0.1) is 0 Å². The van der Waals surface area contributed by atoms with Gasteiger partial charge in [0.25, 0.3) is 0 Å². The number of hydrogen-bond acceptors (Lipinski definition) is 3. The molecule has 0 saturated carbocycles. The summed E-state index contributed by atoms with van der Waals surface area (Å²) in [4.78, 5) is 11.1. The molecule has 0 bridgehead atoms. The molecule has 0 aliphatic heterocycles. The number of hydrogen-bond donors (Lipinski definition) is 2.